The molecular formula is C31H31ClF2N6O5. The first-order valence-corrected chi connectivity index (χ1v) is 14.5. The molecule has 0 bridgehead atoms. The van der Waals surface area contributed by atoms with Crippen LogP contribution in [0.25, 0.3) is 22.4 Å². The monoisotopic (exact) mass is 640 g/mol. The Bertz CT molecular complexity index is 1780. The van der Waals surface area contributed by atoms with Gasteiger partial charge in [0.2, 0.25) is 0 Å². The Labute approximate surface area is 262 Å². The number of benzene rings is 2. The van der Waals surface area contributed by atoms with Gasteiger partial charge in [0.25, 0.3) is 11.8 Å². The van der Waals surface area contributed by atoms with Crippen molar-refractivity contribution in [3.63, 3.8) is 0 Å². The molecule has 2 N–H and O–H groups in total. The summed E-state index contributed by atoms with van der Waals surface area (Å²) in [5.74, 6) is -4.52. The van der Waals surface area contributed by atoms with E-state index in [4.69, 9.17) is 16.3 Å². The maximum absolute atomic E-state index is 15.4. The lowest BCUT2D eigenvalue weighted by atomic mass is 9.96. The molecule has 236 valence electrons. The first-order valence-electron chi connectivity index (χ1n) is 14.2. The van der Waals surface area contributed by atoms with E-state index >= 15 is 8.78 Å². The second-order valence-electron chi connectivity index (χ2n) is 10.7. The third kappa shape index (κ3) is 6.31. The Hall–Kier alpha value is -4.62. The Kier molecular flexibility index (Phi) is 9.30. The SMILES string of the molecule is COCCn1ncc(-c2ccc(-c3cnc(C(=O)Nc4ccc(C(=O)N5CCC(C(=O)O)CC5)c(Cl)c4)n3C)c(F)c2F)c1C. The summed E-state index contributed by atoms with van der Waals surface area (Å²) in [5.41, 5.74) is 1.79. The molecule has 0 aliphatic carbocycles. The fourth-order valence-electron chi connectivity index (χ4n) is 5.39. The lowest BCUT2D eigenvalue weighted by molar-refractivity contribution is -0.143. The van der Waals surface area contributed by atoms with Crippen molar-refractivity contribution in [1.29, 1.82) is 0 Å². The van der Waals surface area contributed by atoms with Crippen molar-refractivity contribution >= 4 is 35.1 Å². The second kappa shape index (κ2) is 13.2. The number of nitrogens with one attached hydrogen (secondary N) is 1. The molecule has 2 amide bonds. The number of hydrogen-bond donors (Lipinski definition) is 2. The number of ether oxygens (including phenoxy) is 1. The first-order chi connectivity index (χ1) is 21.5. The van der Waals surface area contributed by atoms with Crippen molar-refractivity contribution in [3.05, 3.63) is 76.5 Å². The molecule has 0 radical (unpaired) electrons. The summed E-state index contributed by atoms with van der Waals surface area (Å²) in [7, 11) is 3.07. The summed E-state index contributed by atoms with van der Waals surface area (Å²) in [6, 6.07) is 7.31. The van der Waals surface area contributed by atoms with Gasteiger partial charge >= 0.3 is 5.97 Å². The summed E-state index contributed by atoms with van der Waals surface area (Å²) < 4.78 is 38.8. The number of aliphatic carboxylic acids is 1. The number of methoxy groups -OCH3 is 1. The van der Waals surface area contributed by atoms with Gasteiger partial charge in [-0.3, -0.25) is 19.1 Å². The number of amides is 2. The molecule has 0 spiro atoms. The van der Waals surface area contributed by atoms with Gasteiger partial charge in [0, 0.05) is 55.3 Å². The predicted molar refractivity (Wildman–Crippen MR) is 162 cm³/mol. The smallest absolute Gasteiger partial charge is 0.306 e. The molecular weight excluding hydrogens is 610 g/mol. The van der Waals surface area contributed by atoms with Crippen LogP contribution in [0.4, 0.5) is 14.5 Å². The lowest BCUT2D eigenvalue weighted by Gasteiger charge is -2.30. The normalized spacial score (nSPS) is 13.7. The Morgan fingerprint density at radius 1 is 1.07 bits per heavy atom. The summed E-state index contributed by atoms with van der Waals surface area (Å²) >= 11 is 6.39. The summed E-state index contributed by atoms with van der Waals surface area (Å²) in [5, 5.41) is 16.2. The number of anilines is 1. The number of likely N-dealkylation sites (tertiary alicyclic amines) is 1. The number of imidazole rings is 1. The molecule has 5 rings (SSSR count). The molecule has 45 heavy (non-hydrogen) atoms. The third-order valence-corrected chi connectivity index (χ3v) is 8.35. The van der Waals surface area contributed by atoms with E-state index < -0.39 is 29.4 Å². The Morgan fingerprint density at radius 3 is 2.42 bits per heavy atom. The Morgan fingerprint density at radius 2 is 1.76 bits per heavy atom. The number of nitrogens with zero attached hydrogens (tertiary/aromatic N) is 5. The van der Waals surface area contributed by atoms with Gasteiger partial charge in [-0.15, -0.1) is 0 Å². The first kappa shape index (κ1) is 31.8. The van der Waals surface area contributed by atoms with Gasteiger partial charge in [-0.05, 0) is 44.0 Å². The standard InChI is InChI=1S/C31H31ClF2N6O5/c1-17-23(15-36-40(17)12-13-45-3)20-6-7-22(27(34)26(20)33)25-16-35-28(38(25)2)29(41)37-19-4-5-21(24(32)14-19)30(42)39-10-8-18(9-11-39)31(43)44/h4-7,14-16,18H,8-13H2,1-3H3,(H,37,41)(H,43,44). The van der Waals surface area contributed by atoms with Gasteiger partial charge in [-0.25, -0.2) is 13.8 Å². The molecule has 1 aliphatic rings. The van der Waals surface area contributed by atoms with Crippen LogP contribution in [-0.2, 0) is 23.1 Å². The summed E-state index contributed by atoms with van der Waals surface area (Å²) in [6.45, 7) is 3.26. The van der Waals surface area contributed by atoms with Crippen molar-refractivity contribution in [1.82, 2.24) is 24.2 Å². The van der Waals surface area contributed by atoms with Gasteiger partial charge < -0.3 is 24.6 Å². The second-order valence-corrected chi connectivity index (χ2v) is 11.1. The molecule has 2 aromatic carbocycles. The number of rotatable bonds is 9. The number of carbonyl (C=O) groups is 3. The van der Waals surface area contributed by atoms with Crippen LogP contribution in [0.5, 0.6) is 0 Å². The fourth-order valence-corrected chi connectivity index (χ4v) is 5.65. The minimum Gasteiger partial charge on any atom is -0.481 e. The van der Waals surface area contributed by atoms with E-state index in [1.165, 1.54) is 54.3 Å². The number of carboxylic acids is 1. The van der Waals surface area contributed by atoms with Crippen LogP contribution in [0, 0.1) is 24.5 Å². The van der Waals surface area contributed by atoms with Crippen molar-refractivity contribution in [2.75, 3.05) is 32.1 Å². The molecule has 3 heterocycles. The van der Waals surface area contributed by atoms with Crippen LogP contribution < -0.4 is 5.32 Å². The zero-order valence-electron chi connectivity index (χ0n) is 24.8. The zero-order chi connectivity index (χ0) is 32.4. The van der Waals surface area contributed by atoms with E-state index in [0.29, 0.717) is 56.0 Å². The summed E-state index contributed by atoms with van der Waals surface area (Å²) in [6.07, 6.45) is 3.48. The van der Waals surface area contributed by atoms with Gasteiger partial charge in [-0.1, -0.05) is 17.7 Å². The largest absolute Gasteiger partial charge is 0.481 e. The van der Waals surface area contributed by atoms with Gasteiger partial charge in [-0.2, -0.15) is 5.10 Å². The molecule has 0 saturated carbocycles. The molecule has 14 heteroatoms. The van der Waals surface area contributed by atoms with Crippen LogP contribution in [0.15, 0.2) is 42.7 Å². The molecule has 1 fully saturated rings. The average molecular weight is 641 g/mol. The highest BCUT2D eigenvalue weighted by atomic mass is 35.5. The topological polar surface area (TPSA) is 132 Å². The molecule has 4 aromatic rings. The minimum absolute atomic E-state index is 0.0566. The van der Waals surface area contributed by atoms with E-state index in [-0.39, 0.29) is 39.1 Å². The summed E-state index contributed by atoms with van der Waals surface area (Å²) in [4.78, 5) is 43.0. The van der Waals surface area contributed by atoms with E-state index in [9.17, 15) is 19.5 Å². The molecule has 0 atom stereocenters. The van der Waals surface area contributed by atoms with Crippen molar-refractivity contribution in [2.24, 2.45) is 13.0 Å². The predicted octanol–water partition coefficient (Wildman–Crippen LogP) is 5.03. The van der Waals surface area contributed by atoms with Crippen molar-refractivity contribution in [2.45, 2.75) is 26.3 Å². The molecule has 0 unspecified atom stereocenters. The van der Waals surface area contributed by atoms with Crippen LogP contribution in [0.1, 0.15) is 39.5 Å². The number of aromatic nitrogens is 4. The maximum atomic E-state index is 15.4. The fraction of sp³-hybridized carbons (Fsp3) is 0.323. The number of halogens is 3. The molecule has 11 nitrogen and oxygen atoms in total. The number of carbonyl (C=O) groups excluding carboxylic acids is 2. The average Bonchev–Trinajstić information content (AvgIpc) is 3.58. The minimum atomic E-state index is -1.09. The van der Waals surface area contributed by atoms with E-state index in [2.05, 4.69) is 15.4 Å². The third-order valence-electron chi connectivity index (χ3n) is 8.04. The maximum Gasteiger partial charge on any atom is 0.306 e. The highest BCUT2D eigenvalue weighted by Gasteiger charge is 2.29. The van der Waals surface area contributed by atoms with Crippen LogP contribution in [0.3, 0.4) is 0 Å². The highest BCUT2D eigenvalue weighted by Crippen LogP contribution is 2.33. The highest BCUT2D eigenvalue weighted by molar-refractivity contribution is 6.34. The van der Waals surface area contributed by atoms with Gasteiger partial charge in [0.15, 0.2) is 17.5 Å². The number of carboxylic acid groups (broad SMARTS) is 1. The van der Waals surface area contributed by atoms with Crippen LogP contribution in [-0.4, -0.2) is 73.9 Å². The quantitative estimate of drug-likeness (QED) is 0.262. The van der Waals surface area contributed by atoms with E-state index in [1.54, 1.807) is 23.6 Å². The van der Waals surface area contributed by atoms with Gasteiger partial charge in [0.1, 0.15) is 0 Å². The lowest BCUT2D eigenvalue weighted by Crippen LogP contribution is -2.40. The van der Waals surface area contributed by atoms with Gasteiger partial charge in [0.05, 0.1) is 47.7 Å². The molecule has 1 saturated heterocycles. The number of hydrogen-bond acceptors (Lipinski definition) is 6. The van der Waals surface area contributed by atoms with Crippen molar-refractivity contribution in [3.8, 4) is 22.4 Å². The Balaban J connectivity index is 1.31. The molecule has 1 aliphatic heterocycles. The number of piperidine rings is 1. The van der Waals surface area contributed by atoms with Crippen LogP contribution in [0.2, 0.25) is 5.02 Å². The van der Waals surface area contributed by atoms with E-state index in [1.807, 2.05) is 0 Å². The van der Waals surface area contributed by atoms with Crippen LogP contribution >= 0.6 is 11.6 Å². The zero-order valence-corrected chi connectivity index (χ0v) is 25.6. The van der Waals surface area contributed by atoms with E-state index in [0.717, 1.165) is 0 Å². The van der Waals surface area contributed by atoms with Crippen molar-refractivity contribution < 1.29 is 33.0 Å². The molecule has 2 aromatic heterocycles.